The SMILES string of the molecule is CC(C)(C)CC(C)(C)NC(=O)CSc1nnnn1-c1ccc(O)cc1. The lowest BCUT2D eigenvalue weighted by Crippen LogP contribution is -2.46. The molecule has 0 aliphatic carbocycles. The number of carbonyl (C=O) groups is 1. The van der Waals surface area contributed by atoms with Gasteiger partial charge in [-0.15, -0.1) is 5.10 Å². The maximum atomic E-state index is 12.3. The van der Waals surface area contributed by atoms with Crippen molar-refractivity contribution in [1.29, 1.82) is 0 Å². The number of amides is 1. The van der Waals surface area contributed by atoms with Crippen molar-refractivity contribution in [3.05, 3.63) is 24.3 Å². The number of nitrogens with zero attached hydrogens (tertiary/aromatic N) is 4. The van der Waals surface area contributed by atoms with Crippen molar-refractivity contribution in [3.63, 3.8) is 0 Å². The highest BCUT2D eigenvalue weighted by Crippen LogP contribution is 2.27. The maximum absolute atomic E-state index is 12.3. The van der Waals surface area contributed by atoms with Crippen LogP contribution in [0.2, 0.25) is 0 Å². The highest BCUT2D eigenvalue weighted by atomic mass is 32.2. The van der Waals surface area contributed by atoms with Gasteiger partial charge in [-0.3, -0.25) is 4.79 Å². The summed E-state index contributed by atoms with van der Waals surface area (Å²) in [5.41, 5.74) is 0.574. The number of hydrogen-bond acceptors (Lipinski definition) is 6. The second-order valence-electron chi connectivity index (χ2n) is 7.85. The van der Waals surface area contributed by atoms with Gasteiger partial charge in [-0.2, -0.15) is 4.68 Å². The number of tetrazole rings is 1. The molecule has 0 aliphatic heterocycles. The fraction of sp³-hybridized carbons (Fsp3) is 0.529. The topological polar surface area (TPSA) is 92.9 Å². The van der Waals surface area contributed by atoms with Crippen LogP contribution in [-0.4, -0.2) is 42.5 Å². The van der Waals surface area contributed by atoms with Crippen molar-refractivity contribution in [1.82, 2.24) is 25.5 Å². The predicted molar refractivity (Wildman–Crippen MR) is 97.8 cm³/mol. The molecule has 1 amide bonds. The van der Waals surface area contributed by atoms with Crippen LogP contribution in [0.1, 0.15) is 41.0 Å². The largest absolute Gasteiger partial charge is 0.508 e. The van der Waals surface area contributed by atoms with Crippen molar-refractivity contribution >= 4 is 17.7 Å². The zero-order valence-corrected chi connectivity index (χ0v) is 16.1. The molecular weight excluding hydrogens is 338 g/mol. The van der Waals surface area contributed by atoms with E-state index in [1.165, 1.54) is 16.4 Å². The summed E-state index contributed by atoms with van der Waals surface area (Å²) >= 11 is 1.27. The van der Waals surface area contributed by atoms with Gasteiger partial charge in [0.25, 0.3) is 0 Å². The highest BCUT2D eigenvalue weighted by Gasteiger charge is 2.27. The third-order valence-corrected chi connectivity index (χ3v) is 4.24. The third kappa shape index (κ3) is 6.04. The molecule has 25 heavy (non-hydrogen) atoms. The van der Waals surface area contributed by atoms with E-state index in [0.29, 0.717) is 5.16 Å². The molecule has 2 N–H and O–H groups in total. The first-order valence-corrected chi connectivity index (χ1v) is 9.06. The summed E-state index contributed by atoms with van der Waals surface area (Å²) < 4.78 is 1.54. The molecule has 8 heteroatoms. The standard InChI is InChI=1S/C17H25N5O2S/c1-16(2,3)11-17(4,5)18-14(24)10-25-15-19-20-21-22(15)12-6-8-13(23)9-7-12/h6-9,23H,10-11H2,1-5H3,(H,18,24). The van der Waals surface area contributed by atoms with Crippen LogP contribution in [-0.2, 0) is 4.79 Å². The van der Waals surface area contributed by atoms with Crippen LogP contribution in [0.3, 0.4) is 0 Å². The van der Waals surface area contributed by atoms with Crippen molar-refractivity contribution in [2.24, 2.45) is 5.41 Å². The van der Waals surface area contributed by atoms with E-state index >= 15 is 0 Å². The minimum Gasteiger partial charge on any atom is -0.508 e. The fourth-order valence-electron chi connectivity index (χ4n) is 2.94. The Morgan fingerprint density at radius 2 is 1.84 bits per heavy atom. The van der Waals surface area contributed by atoms with Crippen LogP contribution in [0.5, 0.6) is 5.75 Å². The van der Waals surface area contributed by atoms with Gasteiger partial charge in [0.1, 0.15) is 5.75 Å². The van der Waals surface area contributed by atoms with Gasteiger partial charge in [0, 0.05) is 5.54 Å². The molecule has 1 aromatic carbocycles. The third-order valence-electron chi connectivity index (χ3n) is 3.32. The van der Waals surface area contributed by atoms with Gasteiger partial charge in [0.15, 0.2) is 0 Å². The van der Waals surface area contributed by atoms with Crippen LogP contribution in [0.15, 0.2) is 29.4 Å². The number of phenols is 1. The maximum Gasteiger partial charge on any atom is 0.230 e. The second-order valence-corrected chi connectivity index (χ2v) is 8.79. The summed E-state index contributed by atoms with van der Waals surface area (Å²) in [5.74, 6) is 0.345. The zero-order valence-electron chi connectivity index (χ0n) is 15.3. The van der Waals surface area contributed by atoms with Gasteiger partial charge in [0.05, 0.1) is 11.4 Å². The molecule has 0 unspecified atom stereocenters. The molecule has 7 nitrogen and oxygen atoms in total. The lowest BCUT2D eigenvalue weighted by atomic mass is 9.82. The molecule has 0 fully saturated rings. The van der Waals surface area contributed by atoms with Gasteiger partial charge in [-0.1, -0.05) is 32.5 Å². The minimum atomic E-state index is -0.279. The Kier molecular flexibility index (Phi) is 5.72. The summed E-state index contributed by atoms with van der Waals surface area (Å²) in [6.07, 6.45) is 0.877. The Labute approximate surface area is 152 Å². The summed E-state index contributed by atoms with van der Waals surface area (Å²) in [7, 11) is 0. The molecule has 2 rings (SSSR count). The first-order chi connectivity index (χ1) is 11.6. The summed E-state index contributed by atoms with van der Waals surface area (Å²) in [6, 6.07) is 6.55. The van der Waals surface area contributed by atoms with Gasteiger partial charge in [0.2, 0.25) is 11.1 Å². The number of rotatable bonds is 6. The van der Waals surface area contributed by atoms with Crippen LogP contribution in [0, 0.1) is 5.41 Å². The number of nitrogens with one attached hydrogen (secondary N) is 1. The van der Waals surface area contributed by atoms with Crippen molar-refractivity contribution in [3.8, 4) is 11.4 Å². The average molecular weight is 363 g/mol. The van der Waals surface area contributed by atoms with Crippen molar-refractivity contribution in [2.45, 2.75) is 51.7 Å². The number of carbonyl (C=O) groups excluding carboxylic acids is 1. The minimum absolute atomic E-state index is 0.0560. The van der Waals surface area contributed by atoms with Crippen molar-refractivity contribution in [2.75, 3.05) is 5.75 Å². The Hall–Kier alpha value is -2.09. The zero-order chi connectivity index (χ0) is 18.7. The number of aromatic nitrogens is 4. The lowest BCUT2D eigenvalue weighted by Gasteiger charge is -2.33. The number of aromatic hydroxyl groups is 1. The Bertz CT molecular complexity index is 719. The van der Waals surface area contributed by atoms with E-state index in [1.807, 2.05) is 13.8 Å². The van der Waals surface area contributed by atoms with Crippen LogP contribution in [0.4, 0.5) is 0 Å². The van der Waals surface area contributed by atoms with E-state index in [-0.39, 0.29) is 28.4 Å². The average Bonchev–Trinajstić information content (AvgIpc) is 2.91. The molecule has 0 saturated carbocycles. The Morgan fingerprint density at radius 3 is 2.44 bits per heavy atom. The van der Waals surface area contributed by atoms with Gasteiger partial charge < -0.3 is 10.4 Å². The van der Waals surface area contributed by atoms with Crippen LogP contribution >= 0.6 is 11.8 Å². The molecule has 0 aliphatic rings. The molecule has 0 spiro atoms. The monoisotopic (exact) mass is 363 g/mol. The van der Waals surface area contributed by atoms with Crippen LogP contribution in [0.25, 0.3) is 5.69 Å². The number of phenolic OH excluding ortho intramolecular Hbond substituents is 1. The van der Waals surface area contributed by atoms with E-state index in [0.717, 1.165) is 12.1 Å². The van der Waals surface area contributed by atoms with E-state index < -0.39 is 0 Å². The summed E-state index contributed by atoms with van der Waals surface area (Å²) in [4.78, 5) is 12.3. The van der Waals surface area contributed by atoms with E-state index in [2.05, 4.69) is 41.6 Å². The molecule has 136 valence electrons. The number of hydrogen-bond donors (Lipinski definition) is 2. The molecule has 0 atom stereocenters. The molecule has 1 aromatic heterocycles. The highest BCUT2D eigenvalue weighted by molar-refractivity contribution is 7.99. The van der Waals surface area contributed by atoms with Gasteiger partial charge in [-0.05, 0) is 60.4 Å². The quantitative estimate of drug-likeness (QED) is 0.767. The van der Waals surface area contributed by atoms with Crippen molar-refractivity contribution < 1.29 is 9.90 Å². The molecule has 2 aromatic rings. The molecular formula is C17H25N5O2S. The Balaban J connectivity index is 1.97. The lowest BCUT2D eigenvalue weighted by molar-refractivity contribution is -0.120. The predicted octanol–water partition coefficient (Wildman–Crippen LogP) is 2.79. The molecule has 0 saturated heterocycles. The first-order valence-electron chi connectivity index (χ1n) is 8.07. The second kappa shape index (κ2) is 7.43. The first kappa shape index (κ1) is 19.2. The fourth-order valence-corrected chi connectivity index (χ4v) is 3.63. The number of thioether (sulfide) groups is 1. The van der Waals surface area contributed by atoms with Crippen LogP contribution < -0.4 is 5.32 Å². The van der Waals surface area contributed by atoms with Gasteiger partial charge in [-0.25, -0.2) is 0 Å². The Morgan fingerprint density at radius 1 is 1.20 bits per heavy atom. The molecule has 0 radical (unpaired) electrons. The molecule has 0 bridgehead atoms. The van der Waals surface area contributed by atoms with Gasteiger partial charge >= 0.3 is 0 Å². The van der Waals surface area contributed by atoms with E-state index in [9.17, 15) is 9.90 Å². The smallest absolute Gasteiger partial charge is 0.230 e. The molecule has 1 heterocycles. The number of benzene rings is 1. The van der Waals surface area contributed by atoms with E-state index in [1.54, 1.807) is 24.3 Å². The normalized spacial score (nSPS) is 12.2. The summed E-state index contributed by atoms with van der Waals surface area (Å²) in [6.45, 7) is 10.5. The van der Waals surface area contributed by atoms with E-state index in [4.69, 9.17) is 0 Å². The summed E-state index contributed by atoms with van der Waals surface area (Å²) in [5, 5.41) is 24.5.